The van der Waals surface area contributed by atoms with Crippen molar-refractivity contribution in [1.82, 2.24) is 0 Å². The summed E-state index contributed by atoms with van der Waals surface area (Å²) >= 11 is 4.55. The summed E-state index contributed by atoms with van der Waals surface area (Å²) in [5.74, 6) is 0. The molecule has 2 rings (SSSR count). The van der Waals surface area contributed by atoms with Crippen molar-refractivity contribution in [2.75, 3.05) is 5.73 Å². The molecule has 70 valence electrons. The van der Waals surface area contributed by atoms with Crippen LogP contribution in [0, 0.1) is 0 Å². The van der Waals surface area contributed by atoms with E-state index >= 15 is 0 Å². The number of thiol groups is 1. The number of benzene rings is 1. The van der Waals surface area contributed by atoms with E-state index in [1.54, 1.807) is 0 Å². The van der Waals surface area contributed by atoms with Crippen LogP contribution in [0.2, 0.25) is 0 Å². The molecule has 0 amide bonds. The molecular formula is C11H15NS. The molecule has 2 heteroatoms. The van der Waals surface area contributed by atoms with E-state index in [-0.39, 0.29) is 0 Å². The van der Waals surface area contributed by atoms with Crippen LogP contribution in [0.5, 0.6) is 0 Å². The molecule has 0 saturated heterocycles. The molecule has 1 aromatic rings. The lowest BCUT2D eigenvalue weighted by atomic mass is 9.93. The Morgan fingerprint density at radius 3 is 2.23 bits per heavy atom. The third kappa shape index (κ3) is 1.44. The standard InChI is InChI=1S/C11H15NS/c1-8(13)11(6-7-11)9-2-4-10(12)5-3-9/h2-5,8,13H,6-7,12H2,1H3. The van der Waals surface area contributed by atoms with Gasteiger partial charge in [-0.25, -0.2) is 0 Å². The summed E-state index contributed by atoms with van der Waals surface area (Å²) in [4.78, 5) is 0. The maximum Gasteiger partial charge on any atom is 0.0314 e. The van der Waals surface area contributed by atoms with Crippen LogP contribution < -0.4 is 5.73 Å². The minimum absolute atomic E-state index is 0.344. The van der Waals surface area contributed by atoms with E-state index in [4.69, 9.17) is 5.73 Å². The molecule has 1 unspecified atom stereocenters. The van der Waals surface area contributed by atoms with E-state index in [0.717, 1.165) is 5.69 Å². The molecule has 0 heterocycles. The highest BCUT2D eigenvalue weighted by atomic mass is 32.1. The van der Waals surface area contributed by atoms with Gasteiger partial charge in [0, 0.05) is 16.4 Å². The van der Waals surface area contributed by atoms with E-state index < -0.39 is 0 Å². The molecule has 1 fully saturated rings. The zero-order chi connectivity index (χ0) is 9.47. The topological polar surface area (TPSA) is 26.0 Å². The lowest BCUT2D eigenvalue weighted by molar-refractivity contribution is 0.685. The summed E-state index contributed by atoms with van der Waals surface area (Å²) < 4.78 is 0. The second kappa shape index (κ2) is 2.95. The van der Waals surface area contributed by atoms with Crippen LogP contribution in [-0.4, -0.2) is 5.25 Å². The van der Waals surface area contributed by atoms with Crippen LogP contribution >= 0.6 is 12.6 Å². The molecule has 1 nitrogen and oxygen atoms in total. The molecular weight excluding hydrogens is 178 g/mol. The normalized spacial score (nSPS) is 21.1. The first-order valence-electron chi connectivity index (χ1n) is 4.69. The fourth-order valence-corrected chi connectivity index (χ4v) is 2.30. The Morgan fingerprint density at radius 1 is 1.31 bits per heavy atom. The molecule has 1 atom stereocenters. The van der Waals surface area contributed by atoms with Crippen molar-refractivity contribution in [3.05, 3.63) is 29.8 Å². The van der Waals surface area contributed by atoms with Crippen molar-refractivity contribution >= 4 is 18.3 Å². The Labute approximate surface area is 84.7 Å². The fraction of sp³-hybridized carbons (Fsp3) is 0.455. The summed E-state index contributed by atoms with van der Waals surface area (Å²) in [6, 6.07) is 8.22. The van der Waals surface area contributed by atoms with E-state index in [2.05, 4.69) is 31.7 Å². The number of nitrogen functional groups attached to an aromatic ring is 1. The van der Waals surface area contributed by atoms with Gasteiger partial charge in [-0.05, 0) is 30.5 Å². The lowest BCUT2D eigenvalue weighted by Gasteiger charge is -2.19. The highest BCUT2D eigenvalue weighted by Gasteiger charge is 2.47. The molecule has 0 spiro atoms. The van der Waals surface area contributed by atoms with Crippen molar-refractivity contribution < 1.29 is 0 Å². The first-order chi connectivity index (χ1) is 6.15. The molecule has 0 radical (unpaired) electrons. The van der Waals surface area contributed by atoms with Gasteiger partial charge in [-0.2, -0.15) is 12.6 Å². The number of rotatable bonds is 2. The zero-order valence-corrected chi connectivity index (χ0v) is 8.72. The van der Waals surface area contributed by atoms with Crippen LogP contribution in [0.1, 0.15) is 25.3 Å². The maximum atomic E-state index is 5.65. The van der Waals surface area contributed by atoms with Crippen LogP contribution in [0.25, 0.3) is 0 Å². The van der Waals surface area contributed by atoms with E-state index in [1.807, 2.05) is 12.1 Å². The summed E-state index contributed by atoms with van der Waals surface area (Å²) in [6.07, 6.45) is 2.53. The van der Waals surface area contributed by atoms with Crippen molar-refractivity contribution in [2.45, 2.75) is 30.4 Å². The zero-order valence-electron chi connectivity index (χ0n) is 7.83. The van der Waals surface area contributed by atoms with E-state index in [0.29, 0.717) is 10.7 Å². The Balaban J connectivity index is 2.31. The fourth-order valence-electron chi connectivity index (χ4n) is 1.90. The quantitative estimate of drug-likeness (QED) is 0.548. The summed E-state index contributed by atoms with van der Waals surface area (Å²) in [6.45, 7) is 2.17. The number of hydrogen-bond donors (Lipinski definition) is 2. The summed E-state index contributed by atoms with van der Waals surface area (Å²) in [5, 5.41) is 0.441. The predicted octanol–water partition coefficient (Wildman–Crippen LogP) is 2.62. The largest absolute Gasteiger partial charge is 0.399 e. The summed E-state index contributed by atoms with van der Waals surface area (Å²) in [5.41, 5.74) is 8.22. The van der Waals surface area contributed by atoms with Crippen molar-refractivity contribution in [3.8, 4) is 0 Å². The summed E-state index contributed by atoms with van der Waals surface area (Å²) in [7, 11) is 0. The highest BCUT2D eigenvalue weighted by molar-refractivity contribution is 7.81. The molecule has 1 aliphatic carbocycles. The van der Waals surface area contributed by atoms with Crippen molar-refractivity contribution in [2.24, 2.45) is 0 Å². The molecule has 0 aliphatic heterocycles. The monoisotopic (exact) mass is 193 g/mol. The average molecular weight is 193 g/mol. The van der Waals surface area contributed by atoms with Crippen LogP contribution in [0.3, 0.4) is 0 Å². The Hall–Kier alpha value is -0.630. The molecule has 1 saturated carbocycles. The van der Waals surface area contributed by atoms with Gasteiger partial charge in [0.25, 0.3) is 0 Å². The van der Waals surface area contributed by atoms with Crippen LogP contribution in [-0.2, 0) is 5.41 Å². The maximum absolute atomic E-state index is 5.65. The van der Waals surface area contributed by atoms with Crippen molar-refractivity contribution in [3.63, 3.8) is 0 Å². The molecule has 2 N–H and O–H groups in total. The number of nitrogens with two attached hydrogens (primary N) is 1. The Morgan fingerprint density at radius 2 is 1.85 bits per heavy atom. The van der Waals surface area contributed by atoms with Gasteiger partial charge in [-0.1, -0.05) is 19.1 Å². The third-order valence-electron chi connectivity index (χ3n) is 3.07. The van der Waals surface area contributed by atoms with E-state index in [9.17, 15) is 0 Å². The molecule has 0 aromatic heterocycles. The van der Waals surface area contributed by atoms with Gasteiger partial charge < -0.3 is 5.73 Å². The molecule has 0 bridgehead atoms. The van der Waals surface area contributed by atoms with Gasteiger partial charge in [0.05, 0.1) is 0 Å². The Bertz CT molecular complexity index is 298. The molecule has 1 aliphatic rings. The lowest BCUT2D eigenvalue weighted by Crippen LogP contribution is -2.17. The average Bonchev–Trinajstić information content (AvgIpc) is 2.86. The van der Waals surface area contributed by atoms with Crippen molar-refractivity contribution in [1.29, 1.82) is 0 Å². The van der Waals surface area contributed by atoms with Gasteiger partial charge in [-0.3, -0.25) is 0 Å². The smallest absolute Gasteiger partial charge is 0.0314 e. The Kier molecular flexibility index (Phi) is 2.03. The van der Waals surface area contributed by atoms with Gasteiger partial charge in [0.2, 0.25) is 0 Å². The van der Waals surface area contributed by atoms with Crippen LogP contribution in [0.4, 0.5) is 5.69 Å². The SMILES string of the molecule is CC(S)C1(c2ccc(N)cc2)CC1. The third-order valence-corrected chi connectivity index (χ3v) is 3.57. The van der Waals surface area contributed by atoms with Gasteiger partial charge in [0.1, 0.15) is 0 Å². The van der Waals surface area contributed by atoms with Crippen LogP contribution in [0.15, 0.2) is 24.3 Å². The van der Waals surface area contributed by atoms with E-state index in [1.165, 1.54) is 18.4 Å². The second-order valence-corrected chi connectivity index (χ2v) is 4.73. The molecule has 13 heavy (non-hydrogen) atoms. The molecule has 1 aromatic carbocycles. The highest BCUT2D eigenvalue weighted by Crippen LogP contribution is 2.52. The predicted molar refractivity (Wildman–Crippen MR) is 60.2 cm³/mol. The van der Waals surface area contributed by atoms with Gasteiger partial charge in [-0.15, -0.1) is 0 Å². The first kappa shape index (κ1) is 8.95. The number of anilines is 1. The second-order valence-electron chi connectivity index (χ2n) is 3.95. The van der Waals surface area contributed by atoms with Gasteiger partial charge in [0.15, 0.2) is 0 Å². The minimum Gasteiger partial charge on any atom is -0.399 e. The minimum atomic E-state index is 0.344. The van der Waals surface area contributed by atoms with Gasteiger partial charge >= 0.3 is 0 Å². The first-order valence-corrected chi connectivity index (χ1v) is 5.21. The number of hydrogen-bond acceptors (Lipinski definition) is 2.